The second kappa shape index (κ2) is 4.80. The van der Waals surface area contributed by atoms with Crippen LogP contribution in [-0.4, -0.2) is 9.38 Å². The fourth-order valence-corrected chi connectivity index (χ4v) is 1.98. The van der Waals surface area contributed by atoms with Gasteiger partial charge < -0.3 is 9.38 Å². The first kappa shape index (κ1) is 10.7. The van der Waals surface area contributed by atoms with E-state index in [9.17, 15) is 0 Å². The summed E-state index contributed by atoms with van der Waals surface area (Å²) in [4.78, 5) is 3.04. The zero-order chi connectivity index (χ0) is 12.2. The van der Waals surface area contributed by atoms with Crippen molar-refractivity contribution in [3.05, 3.63) is 79.4 Å². The Morgan fingerprint density at radius 2 is 1.28 bits per heavy atom. The maximum Gasteiger partial charge on any atom is 0.0449 e. The van der Waals surface area contributed by atoms with E-state index in [0.717, 1.165) is 0 Å². The van der Waals surface area contributed by atoms with Gasteiger partial charge in [-0.15, -0.1) is 0 Å². The van der Waals surface area contributed by atoms with Crippen LogP contribution in [0.2, 0.25) is 0 Å². The quantitative estimate of drug-likeness (QED) is 0.472. The third-order valence-corrected chi connectivity index (χ3v) is 2.91. The number of aromatic amines is 1. The number of benzene rings is 1. The van der Waals surface area contributed by atoms with Gasteiger partial charge in [0, 0.05) is 30.3 Å². The molecular weight excluding hydrogens is 220 g/mol. The summed E-state index contributed by atoms with van der Waals surface area (Å²) in [6, 6.07) is 18.5. The molecule has 2 heteroatoms. The van der Waals surface area contributed by atoms with Crippen LogP contribution in [0.15, 0.2) is 79.4 Å². The molecule has 2 nitrogen and oxygen atoms in total. The first-order valence-electron chi connectivity index (χ1n) is 5.97. The fraction of sp³-hybridized carbons (Fsp3) is 0. The number of nitrogens with one attached hydrogen (secondary N) is 1. The third-order valence-electron chi connectivity index (χ3n) is 2.91. The van der Waals surface area contributed by atoms with Crippen molar-refractivity contribution >= 4 is 16.3 Å². The highest BCUT2D eigenvalue weighted by molar-refractivity contribution is 5.81. The van der Waals surface area contributed by atoms with Gasteiger partial charge in [-0.25, -0.2) is 0 Å². The Morgan fingerprint density at radius 3 is 2.00 bits per heavy atom. The highest BCUT2D eigenvalue weighted by Crippen LogP contribution is 2.10. The summed E-state index contributed by atoms with van der Waals surface area (Å²) in [7, 11) is 0. The summed E-state index contributed by atoms with van der Waals surface area (Å²) >= 11 is 0. The summed E-state index contributed by atoms with van der Waals surface area (Å²) in [5.41, 5.74) is 1.25. The number of nitrogens with zero attached hydrogens (tertiary/aromatic N) is 1. The Balaban J connectivity index is 0.000000111. The van der Waals surface area contributed by atoms with Crippen molar-refractivity contribution in [2.45, 2.75) is 0 Å². The van der Waals surface area contributed by atoms with E-state index in [0.29, 0.717) is 0 Å². The molecule has 0 atom stereocenters. The fourth-order valence-electron chi connectivity index (χ4n) is 1.98. The van der Waals surface area contributed by atoms with Crippen LogP contribution in [-0.2, 0) is 0 Å². The number of hydrogen-bond acceptors (Lipinski definition) is 0. The SMILES string of the molecule is c1ccc2c[nH]cc2c1.c1ccn2cccc2c1. The maximum absolute atomic E-state index is 3.04. The molecule has 1 aromatic carbocycles. The van der Waals surface area contributed by atoms with Gasteiger partial charge in [0.15, 0.2) is 0 Å². The van der Waals surface area contributed by atoms with Crippen molar-refractivity contribution in [1.29, 1.82) is 0 Å². The van der Waals surface area contributed by atoms with E-state index >= 15 is 0 Å². The molecule has 0 unspecified atom stereocenters. The lowest BCUT2D eigenvalue weighted by Crippen LogP contribution is -1.75. The second-order valence-corrected chi connectivity index (χ2v) is 4.13. The van der Waals surface area contributed by atoms with Gasteiger partial charge in [0.1, 0.15) is 0 Å². The second-order valence-electron chi connectivity index (χ2n) is 4.13. The topological polar surface area (TPSA) is 20.2 Å². The monoisotopic (exact) mass is 234 g/mol. The van der Waals surface area contributed by atoms with Gasteiger partial charge in [0.05, 0.1) is 0 Å². The van der Waals surface area contributed by atoms with Crippen molar-refractivity contribution in [1.82, 2.24) is 9.38 Å². The Bertz CT molecular complexity index is 623. The molecule has 3 heterocycles. The van der Waals surface area contributed by atoms with Gasteiger partial charge in [-0.1, -0.05) is 30.3 Å². The Morgan fingerprint density at radius 1 is 0.667 bits per heavy atom. The van der Waals surface area contributed by atoms with Crippen molar-refractivity contribution in [3.63, 3.8) is 0 Å². The summed E-state index contributed by atoms with van der Waals surface area (Å²) in [6.45, 7) is 0. The number of H-pyrrole nitrogens is 1. The molecule has 0 aliphatic heterocycles. The molecule has 0 aliphatic carbocycles. The minimum Gasteiger partial charge on any atom is -0.366 e. The summed E-state index contributed by atoms with van der Waals surface area (Å²) in [6.07, 6.45) is 8.06. The van der Waals surface area contributed by atoms with E-state index in [-0.39, 0.29) is 0 Å². The van der Waals surface area contributed by atoms with Crippen molar-refractivity contribution in [2.24, 2.45) is 0 Å². The molecule has 0 saturated carbocycles. The Kier molecular flexibility index (Phi) is 2.84. The summed E-state index contributed by atoms with van der Waals surface area (Å²) in [5, 5.41) is 2.55. The number of rotatable bonds is 0. The molecule has 4 rings (SSSR count). The van der Waals surface area contributed by atoms with Crippen LogP contribution >= 0.6 is 0 Å². The maximum atomic E-state index is 3.04. The van der Waals surface area contributed by atoms with E-state index in [2.05, 4.69) is 33.7 Å². The predicted molar refractivity (Wildman–Crippen MR) is 75.7 cm³/mol. The number of pyridine rings is 1. The first-order valence-corrected chi connectivity index (χ1v) is 5.97. The van der Waals surface area contributed by atoms with Crippen LogP contribution < -0.4 is 0 Å². The van der Waals surface area contributed by atoms with Crippen LogP contribution in [0.3, 0.4) is 0 Å². The molecule has 4 aromatic rings. The standard InChI is InChI=1S/2C8H7N/c1-2-6-9-7-3-5-8(9)4-1;1-2-4-8-6-9-5-7(8)3-1/h1-7H;1-6,9H. The van der Waals surface area contributed by atoms with Gasteiger partial charge in [-0.05, 0) is 35.0 Å². The smallest absolute Gasteiger partial charge is 0.0449 e. The normalized spacial score (nSPS) is 10.2. The zero-order valence-corrected chi connectivity index (χ0v) is 9.95. The molecule has 88 valence electrons. The molecule has 0 amide bonds. The lowest BCUT2D eigenvalue weighted by atomic mass is 10.2. The van der Waals surface area contributed by atoms with Gasteiger partial charge in [0.2, 0.25) is 0 Å². The van der Waals surface area contributed by atoms with Gasteiger partial charge >= 0.3 is 0 Å². The van der Waals surface area contributed by atoms with Crippen LogP contribution in [0, 0.1) is 0 Å². The minimum absolute atomic E-state index is 1.25. The van der Waals surface area contributed by atoms with Crippen LogP contribution in [0.5, 0.6) is 0 Å². The minimum atomic E-state index is 1.25. The van der Waals surface area contributed by atoms with Crippen molar-refractivity contribution < 1.29 is 0 Å². The number of aromatic nitrogens is 2. The third kappa shape index (κ3) is 2.13. The molecule has 0 fully saturated rings. The molecular formula is C16H14N2. The molecule has 0 saturated heterocycles. The molecule has 0 spiro atoms. The van der Waals surface area contributed by atoms with Gasteiger partial charge in [0.25, 0.3) is 0 Å². The average Bonchev–Trinajstić information content (AvgIpc) is 3.08. The molecule has 1 N–H and O–H groups in total. The van der Waals surface area contributed by atoms with E-state index in [1.54, 1.807) is 0 Å². The summed E-state index contributed by atoms with van der Waals surface area (Å²) in [5.74, 6) is 0. The van der Waals surface area contributed by atoms with Crippen molar-refractivity contribution in [3.8, 4) is 0 Å². The highest BCUT2D eigenvalue weighted by atomic mass is 14.8. The summed E-state index contributed by atoms with van der Waals surface area (Å²) < 4.78 is 2.08. The van der Waals surface area contributed by atoms with E-state index in [4.69, 9.17) is 0 Å². The van der Waals surface area contributed by atoms with Crippen LogP contribution in [0.25, 0.3) is 16.3 Å². The van der Waals surface area contributed by atoms with Crippen molar-refractivity contribution in [2.75, 3.05) is 0 Å². The highest BCUT2D eigenvalue weighted by Gasteiger charge is 1.87. The number of fused-ring (bicyclic) bond motifs is 2. The van der Waals surface area contributed by atoms with E-state index < -0.39 is 0 Å². The lowest BCUT2D eigenvalue weighted by Gasteiger charge is -1.88. The molecule has 3 aromatic heterocycles. The van der Waals surface area contributed by atoms with Gasteiger partial charge in [-0.2, -0.15) is 0 Å². The predicted octanol–water partition coefficient (Wildman–Crippen LogP) is 4.11. The molecule has 0 bridgehead atoms. The lowest BCUT2D eigenvalue weighted by molar-refractivity contribution is 1.20. The van der Waals surface area contributed by atoms with Crippen LogP contribution in [0.1, 0.15) is 0 Å². The Labute approximate surface area is 106 Å². The molecule has 0 aliphatic rings. The van der Waals surface area contributed by atoms with Gasteiger partial charge in [-0.3, -0.25) is 0 Å². The molecule has 18 heavy (non-hydrogen) atoms. The zero-order valence-electron chi connectivity index (χ0n) is 9.95. The van der Waals surface area contributed by atoms with E-state index in [1.807, 2.05) is 55.1 Å². The molecule has 0 radical (unpaired) electrons. The largest absolute Gasteiger partial charge is 0.366 e. The number of hydrogen-bond donors (Lipinski definition) is 1. The van der Waals surface area contributed by atoms with E-state index in [1.165, 1.54) is 16.3 Å². The van der Waals surface area contributed by atoms with Crippen LogP contribution in [0.4, 0.5) is 0 Å². The average molecular weight is 234 g/mol. The first-order chi connectivity index (χ1) is 8.93. The Hall–Kier alpha value is -2.48.